The van der Waals surface area contributed by atoms with Gasteiger partial charge in [0.25, 0.3) is 5.91 Å². The van der Waals surface area contributed by atoms with Crippen molar-refractivity contribution in [2.24, 2.45) is 5.41 Å². The number of nitrogens with one attached hydrogen (secondary N) is 2. The maximum absolute atomic E-state index is 13.3. The Kier molecular flexibility index (Phi) is 6.00. The molecule has 3 aromatic rings. The van der Waals surface area contributed by atoms with Crippen LogP contribution in [0.15, 0.2) is 47.8 Å². The molecule has 2 aromatic heterocycles. The van der Waals surface area contributed by atoms with Gasteiger partial charge in [0.05, 0.1) is 16.9 Å². The summed E-state index contributed by atoms with van der Waals surface area (Å²) in [5.41, 5.74) is 1.35. The van der Waals surface area contributed by atoms with Crippen LogP contribution in [0.3, 0.4) is 0 Å². The van der Waals surface area contributed by atoms with Gasteiger partial charge in [-0.05, 0) is 43.2 Å². The lowest BCUT2D eigenvalue weighted by Gasteiger charge is -2.25. The van der Waals surface area contributed by atoms with Crippen LogP contribution >= 0.6 is 0 Å². The van der Waals surface area contributed by atoms with Crippen LogP contribution in [-0.2, 0) is 14.8 Å². The second kappa shape index (κ2) is 8.97. The molecule has 0 unspecified atom stereocenters. The van der Waals surface area contributed by atoms with Gasteiger partial charge in [-0.15, -0.1) is 0 Å². The molecule has 2 aliphatic rings. The molecule has 10 nitrogen and oxygen atoms in total. The summed E-state index contributed by atoms with van der Waals surface area (Å²) in [4.78, 5) is 29.6. The number of amides is 1. The number of fused-ring (bicyclic) bond motifs is 1. The highest BCUT2D eigenvalue weighted by Gasteiger charge is 2.48. The van der Waals surface area contributed by atoms with Crippen LogP contribution in [0.5, 0.6) is 0 Å². The Morgan fingerprint density at radius 2 is 1.94 bits per heavy atom. The monoisotopic (exact) mass is 484 g/mol. The largest absolute Gasteiger partial charge is 0.383 e. The normalized spacial score (nSPS) is 17.8. The second-order valence-corrected chi connectivity index (χ2v) is 10.8. The van der Waals surface area contributed by atoms with E-state index in [2.05, 4.69) is 24.6 Å². The lowest BCUT2D eigenvalue weighted by Crippen LogP contribution is -2.36. The molecule has 1 aliphatic carbocycles. The van der Waals surface area contributed by atoms with Gasteiger partial charge >= 0.3 is 0 Å². The van der Waals surface area contributed by atoms with Gasteiger partial charge in [0.1, 0.15) is 17.8 Å². The lowest BCUT2D eigenvalue weighted by molar-refractivity contribution is 0.0740. The van der Waals surface area contributed by atoms with Crippen molar-refractivity contribution in [1.29, 1.82) is 0 Å². The highest BCUT2D eigenvalue weighted by atomic mass is 32.2. The first-order chi connectivity index (χ1) is 16.4. The number of anilines is 1. The number of nitrogens with zero attached hydrogens (tertiary/aromatic N) is 4. The van der Waals surface area contributed by atoms with Gasteiger partial charge in [0.15, 0.2) is 0 Å². The summed E-state index contributed by atoms with van der Waals surface area (Å²) in [5, 5.41) is 0.981. The fourth-order valence-electron chi connectivity index (χ4n) is 4.54. The second-order valence-electron chi connectivity index (χ2n) is 9.00. The average Bonchev–Trinajstić information content (AvgIpc) is 3.48. The van der Waals surface area contributed by atoms with E-state index in [-0.39, 0.29) is 29.4 Å². The van der Waals surface area contributed by atoms with Crippen molar-refractivity contribution >= 4 is 32.8 Å². The van der Waals surface area contributed by atoms with Crippen molar-refractivity contribution in [3.8, 4) is 0 Å². The summed E-state index contributed by atoms with van der Waals surface area (Å²) in [7, 11) is -2.13. The van der Waals surface area contributed by atoms with E-state index >= 15 is 0 Å². The number of carbonyl (C=O) groups excluding carboxylic acids is 1. The number of aromatic nitrogens is 3. The number of methoxy groups -OCH3 is 1. The molecule has 1 spiro atoms. The fourth-order valence-corrected chi connectivity index (χ4v) is 5.55. The summed E-state index contributed by atoms with van der Waals surface area (Å²) in [6.07, 6.45) is 5.57. The Morgan fingerprint density at radius 3 is 2.68 bits per heavy atom. The number of ether oxygens (including phenoxy) is 1. The van der Waals surface area contributed by atoms with E-state index < -0.39 is 10.0 Å². The molecule has 1 saturated heterocycles. The molecule has 0 atom stereocenters. The molecule has 2 fully saturated rings. The van der Waals surface area contributed by atoms with Gasteiger partial charge in [-0.2, -0.15) is 0 Å². The lowest BCUT2D eigenvalue weighted by atomic mass is 10.1. The Labute approximate surface area is 198 Å². The van der Waals surface area contributed by atoms with Gasteiger partial charge < -0.3 is 19.5 Å². The Morgan fingerprint density at radius 1 is 1.15 bits per heavy atom. The Bertz CT molecular complexity index is 1290. The van der Waals surface area contributed by atoms with Crippen LogP contribution in [0.1, 0.15) is 23.2 Å². The quantitative estimate of drug-likeness (QED) is 0.489. The molecular weight excluding hydrogens is 456 g/mol. The third kappa shape index (κ3) is 4.50. The van der Waals surface area contributed by atoms with Crippen molar-refractivity contribution in [1.82, 2.24) is 24.6 Å². The van der Waals surface area contributed by atoms with Crippen molar-refractivity contribution in [3.63, 3.8) is 0 Å². The molecule has 5 rings (SSSR count). The standard InChI is InChI=1S/C23H28N6O4S/c1-33-13-10-27-34(31,32)18-4-2-17(3-5-18)22(30)29-12-11-28(14-23(15-29)7-8-23)21-19-6-9-24-20(19)25-16-26-21/h2-6,9,16,27H,7-8,10-15H2,1H3,(H,24,25,26). The van der Waals surface area contributed by atoms with Crippen LogP contribution in [0.4, 0.5) is 5.82 Å². The highest BCUT2D eigenvalue weighted by Crippen LogP contribution is 2.48. The maximum Gasteiger partial charge on any atom is 0.253 e. The van der Waals surface area contributed by atoms with E-state index in [4.69, 9.17) is 4.74 Å². The molecule has 180 valence electrons. The van der Waals surface area contributed by atoms with Gasteiger partial charge in [0.2, 0.25) is 10.0 Å². The summed E-state index contributed by atoms with van der Waals surface area (Å²) >= 11 is 0. The van der Waals surface area contributed by atoms with Crippen LogP contribution in [0, 0.1) is 5.41 Å². The van der Waals surface area contributed by atoms with Crippen molar-refractivity contribution < 1.29 is 17.9 Å². The minimum atomic E-state index is -3.64. The predicted molar refractivity (Wildman–Crippen MR) is 127 cm³/mol. The molecule has 1 aromatic carbocycles. The van der Waals surface area contributed by atoms with Crippen LogP contribution in [0.2, 0.25) is 0 Å². The van der Waals surface area contributed by atoms with E-state index in [1.165, 1.54) is 19.2 Å². The number of rotatable bonds is 7. The molecule has 34 heavy (non-hydrogen) atoms. The zero-order chi connectivity index (χ0) is 23.8. The summed E-state index contributed by atoms with van der Waals surface area (Å²) in [5.74, 6) is 0.807. The van der Waals surface area contributed by atoms with Gasteiger partial charge in [0, 0.05) is 57.0 Å². The minimum absolute atomic E-state index is 0.0638. The number of hydrogen-bond acceptors (Lipinski definition) is 7. The number of benzene rings is 1. The first-order valence-electron chi connectivity index (χ1n) is 11.3. The smallest absolute Gasteiger partial charge is 0.253 e. The Hall–Kier alpha value is -3.02. The first-order valence-corrected chi connectivity index (χ1v) is 12.8. The van der Waals surface area contributed by atoms with Gasteiger partial charge in [-0.25, -0.2) is 23.1 Å². The molecule has 1 amide bonds. The molecule has 3 heterocycles. The highest BCUT2D eigenvalue weighted by molar-refractivity contribution is 7.89. The van der Waals surface area contributed by atoms with E-state index in [0.717, 1.165) is 36.2 Å². The molecular formula is C23H28N6O4S. The first kappa shape index (κ1) is 22.8. The Balaban J connectivity index is 1.32. The summed E-state index contributed by atoms with van der Waals surface area (Å²) < 4.78 is 32.2. The zero-order valence-electron chi connectivity index (χ0n) is 19.0. The van der Waals surface area contributed by atoms with E-state index in [9.17, 15) is 13.2 Å². The molecule has 11 heteroatoms. The van der Waals surface area contributed by atoms with Crippen molar-refractivity contribution in [3.05, 3.63) is 48.4 Å². The number of H-pyrrole nitrogens is 1. The van der Waals surface area contributed by atoms with Crippen LogP contribution in [-0.4, -0.2) is 80.6 Å². The van der Waals surface area contributed by atoms with E-state index in [1.807, 2.05) is 17.2 Å². The number of aromatic amines is 1. The molecule has 0 bridgehead atoms. The SMILES string of the molecule is COCCNS(=O)(=O)c1ccc(C(=O)N2CCN(c3ncnc4[nH]ccc34)CC3(CC3)C2)cc1. The predicted octanol–water partition coefficient (Wildman–Crippen LogP) is 1.63. The zero-order valence-corrected chi connectivity index (χ0v) is 19.8. The maximum atomic E-state index is 13.3. The summed E-state index contributed by atoms with van der Waals surface area (Å²) in [6.45, 7) is 3.23. The van der Waals surface area contributed by atoms with Crippen molar-refractivity contribution in [2.75, 3.05) is 51.3 Å². The molecule has 0 radical (unpaired) electrons. The van der Waals surface area contributed by atoms with E-state index in [0.29, 0.717) is 25.2 Å². The van der Waals surface area contributed by atoms with Gasteiger partial charge in [-0.3, -0.25) is 4.79 Å². The van der Waals surface area contributed by atoms with Gasteiger partial charge in [-0.1, -0.05) is 0 Å². The third-order valence-corrected chi connectivity index (χ3v) is 8.06. The molecule has 2 N–H and O–H groups in total. The molecule has 1 aliphatic heterocycles. The number of sulfonamides is 1. The van der Waals surface area contributed by atoms with E-state index in [1.54, 1.807) is 18.5 Å². The average molecular weight is 485 g/mol. The number of carbonyl (C=O) groups is 1. The fraction of sp³-hybridized carbons (Fsp3) is 0.435. The van der Waals surface area contributed by atoms with Crippen molar-refractivity contribution in [2.45, 2.75) is 17.7 Å². The van der Waals surface area contributed by atoms with Crippen LogP contribution < -0.4 is 9.62 Å². The third-order valence-electron chi connectivity index (χ3n) is 6.58. The summed E-state index contributed by atoms with van der Waals surface area (Å²) in [6, 6.07) is 8.11. The molecule has 1 saturated carbocycles. The number of hydrogen-bond donors (Lipinski definition) is 2. The minimum Gasteiger partial charge on any atom is -0.383 e. The topological polar surface area (TPSA) is 121 Å². The van der Waals surface area contributed by atoms with Crippen LogP contribution in [0.25, 0.3) is 11.0 Å².